The van der Waals surface area contributed by atoms with Crippen molar-refractivity contribution in [2.45, 2.75) is 65.2 Å². The van der Waals surface area contributed by atoms with Gasteiger partial charge in [-0.3, -0.25) is 0 Å². The minimum atomic E-state index is -0.479. The predicted octanol–water partition coefficient (Wildman–Crippen LogP) is 4.43. The molecule has 6 nitrogen and oxygen atoms in total. The first-order valence-electron chi connectivity index (χ1n) is 10.1. The second-order valence-electron chi connectivity index (χ2n) is 9.19. The number of likely N-dealkylation sites (tertiary alicyclic amines) is 2. The van der Waals surface area contributed by atoms with Crippen LogP contribution >= 0.6 is 0 Å². The standard InChI is InChI=1S/C22H32N2O4/c1-17-14-22(10-12-23(13-11-22)19(25)28-21(2,3)4)16-24(17)20(26)27-15-18-8-6-5-7-9-18/h5-9,17H,10-16H2,1-4H3. The smallest absolute Gasteiger partial charge is 0.410 e. The summed E-state index contributed by atoms with van der Waals surface area (Å²) in [4.78, 5) is 28.5. The highest BCUT2D eigenvalue weighted by atomic mass is 16.6. The summed E-state index contributed by atoms with van der Waals surface area (Å²) in [6, 6.07) is 9.88. The van der Waals surface area contributed by atoms with Gasteiger partial charge < -0.3 is 19.3 Å². The van der Waals surface area contributed by atoms with Gasteiger partial charge in [-0.2, -0.15) is 0 Å². The average Bonchev–Trinajstić information content (AvgIpc) is 2.95. The molecule has 1 atom stereocenters. The topological polar surface area (TPSA) is 59.1 Å². The summed E-state index contributed by atoms with van der Waals surface area (Å²) in [6.45, 7) is 10.1. The average molecular weight is 389 g/mol. The Morgan fingerprint density at radius 3 is 2.36 bits per heavy atom. The summed E-state index contributed by atoms with van der Waals surface area (Å²) in [7, 11) is 0. The summed E-state index contributed by atoms with van der Waals surface area (Å²) < 4.78 is 11.0. The van der Waals surface area contributed by atoms with Crippen molar-refractivity contribution < 1.29 is 19.1 Å². The summed E-state index contributed by atoms with van der Waals surface area (Å²) in [5.41, 5.74) is 0.583. The van der Waals surface area contributed by atoms with E-state index in [-0.39, 0.29) is 23.6 Å². The Bertz CT molecular complexity index is 690. The molecule has 2 fully saturated rings. The SMILES string of the molecule is CC1CC2(CCN(C(=O)OC(C)(C)C)CC2)CN1C(=O)OCc1ccccc1. The van der Waals surface area contributed by atoms with Gasteiger partial charge in [0.1, 0.15) is 12.2 Å². The first-order valence-corrected chi connectivity index (χ1v) is 10.1. The van der Waals surface area contributed by atoms with Crippen LogP contribution in [0.2, 0.25) is 0 Å². The molecular weight excluding hydrogens is 356 g/mol. The van der Waals surface area contributed by atoms with Crippen LogP contribution in [-0.4, -0.2) is 53.3 Å². The maximum atomic E-state index is 12.6. The zero-order chi connectivity index (χ0) is 20.4. The van der Waals surface area contributed by atoms with E-state index in [0.717, 1.165) is 24.8 Å². The molecule has 0 bridgehead atoms. The van der Waals surface area contributed by atoms with Gasteiger partial charge in [-0.1, -0.05) is 30.3 Å². The molecule has 1 aromatic carbocycles. The van der Waals surface area contributed by atoms with Crippen molar-refractivity contribution in [3.8, 4) is 0 Å². The van der Waals surface area contributed by atoms with Crippen LogP contribution < -0.4 is 0 Å². The van der Waals surface area contributed by atoms with E-state index in [1.807, 2.05) is 56.0 Å². The molecule has 2 amide bonds. The highest BCUT2D eigenvalue weighted by Crippen LogP contribution is 2.43. The van der Waals surface area contributed by atoms with Crippen LogP contribution in [0.3, 0.4) is 0 Å². The van der Waals surface area contributed by atoms with Crippen LogP contribution in [0.25, 0.3) is 0 Å². The van der Waals surface area contributed by atoms with Crippen LogP contribution in [0.15, 0.2) is 30.3 Å². The predicted molar refractivity (Wildman–Crippen MR) is 107 cm³/mol. The van der Waals surface area contributed by atoms with Gasteiger partial charge in [0.2, 0.25) is 0 Å². The molecule has 28 heavy (non-hydrogen) atoms. The molecule has 0 saturated carbocycles. The van der Waals surface area contributed by atoms with E-state index in [0.29, 0.717) is 26.2 Å². The van der Waals surface area contributed by atoms with Crippen molar-refractivity contribution in [1.29, 1.82) is 0 Å². The Hall–Kier alpha value is -2.24. The Balaban J connectivity index is 1.52. The maximum absolute atomic E-state index is 12.6. The fraction of sp³-hybridized carbons (Fsp3) is 0.636. The molecule has 2 heterocycles. The lowest BCUT2D eigenvalue weighted by molar-refractivity contribution is 0.0106. The fourth-order valence-electron chi connectivity index (χ4n) is 4.22. The number of nitrogens with zero attached hydrogens (tertiary/aromatic N) is 2. The third kappa shape index (κ3) is 4.97. The van der Waals surface area contributed by atoms with Gasteiger partial charge in [0, 0.05) is 25.7 Å². The van der Waals surface area contributed by atoms with E-state index in [1.54, 1.807) is 4.90 Å². The highest BCUT2D eigenvalue weighted by molar-refractivity contribution is 5.69. The molecule has 2 aliphatic heterocycles. The molecule has 2 saturated heterocycles. The Morgan fingerprint density at radius 2 is 1.75 bits per heavy atom. The third-order valence-electron chi connectivity index (χ3n) is 5.68. The molecule has 1 unspecified atom stereocenters. The number of rotatable bonds is 2. The number of hydrogen-bond donors (Lipinski definition) is 0. The Labute approximate surface area is 167 Å². The van der Waals surface area contributed by atoms with E-state index in [4.69, 9.17) is 9.47 Å². The van der Waals surface area contributed by atoms with Crippen molar-refractivity contribution >= 4 is 12.2 Å². The lowest BCUT2D eigenvalue weighted by Gasteiger charge is -2.39. The molecule has 0 N–H and O–H groups in total. The Morgan fingerprint density at radius 1 is 1.11 bits per heavy atom. The van der Waals surface area contributed by atoms with Crippen molar-refractivity contribution in [2.24, 2.45) is 5.41 Å². The molecule has 0 radical (unpaired) electrons. The van der Waals surface area contributed by atoms with E-state index in [2.05, 4.69) is 6.92 Å². The summed E-state index contributed by atoms with van der Waals surface area (Å²) in [6.07, 6.45) is 2.24. The summed E-state index contributed by atoms with van der Waals surface area (Å²) in [5, 5.41) is 0. The monoisotopic (exact) mass is 388 g/mol. The molecular formula is C22H32N2O4. The quantitative estimate of drug-likeness (QED) is 0.752. The van der Waals surface area contributed by atoms with Gasteiger partial charge in [-0.15, -0.1) is 0 Å². The molecule has 0 aromatic heterocycles. The number of carbonyl (C=O) groups is 2. The number of benzene rings is 1. The minimum absolute atomic E-state index is 0.0731. The first kappa shape index (κ1) is 20.5. The number of carbonyl (C=O) groups excluding carboxylic acids is 2. The normalized spacial score (nSPS) is 21.6. The van der Waals surface area contributed by atoms with Gasteiger partial charge in [0.25, 0.3) is 0 Å². The maximum Gasteiger partial charge on any atom is 0.410 e. The zero-order valence-electron chi connectivity index (χ0n) is 17.4. The Kier molecular flexibility index (Phi) is 5.87. The first-order chi connectivity index (χ1) is 13.2. The fourth-order valence-corrected chi connectivity index (χ4v) is 4.22. The second-order valence-corrected chi connectivity index (χ2v) is 9.19. The van der Waals surface area contributed by atoms with Gasteiger partial charge in [-0.05, 0) is 57.9 Å². The molecule has 1 aromatic rings. The van der Waals surface area contributed by atoms with Crippen molar-refractivity contribution in [3.63, 3.8) is 0 Å². The van der Waals surface area contributed by atoms with Crippen molar-refractivity contribution in [3.05, 3.63) is 35.9 Å². The van der Waals surface area contributed by atoms with Crippen molar-refractivity contribution in [2.75, 3.05) is 19.6 Å². The lowest BCUT2D eigenvalue weighted by Crippen LogP contribution is -2.46. The number of piperidine rings is 1. The molecule has 6 heteroatoms. The minimum Gasteiger partial charge on any atom is -0.445 e. The number of amides is 2. The van der Waals surface area contributed by atoms with Crippen LogP contribution in [-0.2, 0) is 16.1 Å². The molecule has 1 spiro atoms. The van der Waals surface area contributed by atoms with Crippen LogP contribution in [0.4, 0.5) is 9.59 Å². The lowest BCUT2D eigenvalue weighted by atomic mass is 9.77. The zero-order valence-corrected chi connectivity index (χ0v) is 17.4. The molecule has 154 valence electrons. The van der Waals surface area contributed by atoms with E-state index >= 15 is 0 Å². The summed E-state index contributed by atoms with van der Waals surface area (Å²) >= 11 is 0. The van der Waals surface area contributed by atoms with Gasteiger partial charge in [-0.25, -0.2) is 9.59 Å². The van der Waals surface area contributed by atoms with Crippen LogP contribution in [0.1, 0.15) is 52.5 Å². The van der Waals surface area contributed by atoms with Gasteiger partial charge in [0.05, 0.1) is 0 Å². The molecule has 2 aliphatic rings. The third-order valence-corrected chi connectivity index (χ3v) is 5.68. The highest BCUT2D eigenvalue weighted by Gasteiger charge is 2.47. The van der Waals surface area contributed by atoms with Crippen LogP contribution in [0, 0.1) is 5.41 Å². The largest absolute Gasteiger partial charge is 0.445 e. The van der Waals surface area contributed by atoms with Gasteiger partial charge in [0.15, 0.2) is 0 Å². The molecule has 0 aliphatic carbocycles. The van der Waals surface area contributed by atoms with E-state index in [9.17, 15) is 9.59 Å². The summed E-state index contributed by atoms with van der Waals surface area (Å²) in [5.74, 6) is 0. The second kappa shape index (κ2) is 8.02. The van der Waals surface area contributed by atoms with E-state index < -0.39 is 5.60 Å². The number of ether oxygens (including phenoxy) is 2. The van der Waals surface area contributed by atoms with Gasteiger partial charge >= 0.3 is 12.2 Å². The molecule has 3 rings (SSSR count). The van der Waals surface area contributed by atoms with Crippen LogP contribution in [0.5, 0.6) is 0 Å². The van der Waals surface area contributed by atoms with E-state index in [1.165, 1.54) is 0 Å². The number of hydrogen-bond acceptors (Lipinski definition) is 4. The van der Waals surface area contributed by atoms with Crippen molar-refractivity contribution in [1.82, 2.24) is 9.80 Å².